The average molecular weight is 294 g/mol. The summed E-state index contributed by atoms with van der Waals surface area (Å²) in [6.07, 6.45) is 1.69. The molecule has 2 rings (SSSR count). The minimum atomic E-state index is -3.67. The van der Waals surface area contributed by atoms with Crippen LogP contribution in [0.5, 0.6) is 0 Å². The highest BCUT2D eigenvalue weighted by atomic mass is 35.5. The van der Waals surface area contributed by atoms with E-state index in [0.717, 1.165) is 25.0 Å². The number of nitrogens with one attached hydrogen (secondary N) is 1. The molecular formula is C11H13ClFNO3S. The summed E-state index contributed by atoms with van der Waals surface area (Å²) in [4.78, 5) is -0.0492. The molecule has 4 nitrogen and oxygen atoms in total. The van der Waals surface area contributed by atoms with Gasteiger partial charge in [0, 0.05) is 13.2 Å². The van der Waals surface area contributed by atoms with Gasteiger partial charge in [-0.1, -0.05) is 11.6 Å². The number of halogens is 2. The number of benzene rings is 1. The Balaban J connectivity index is 2.07. The van der Waals surface area contributed by atoms with Crippen LogP contribution in [0.15, 0.2) is 23.1 Å². The monoisotopic (exact) mass is 293 g/mol. The Hall–Kier alpha value is -0.690. The number of sulfonamides is 1. The van der Waals surface area contributed by atoms with Crippen LogP contribution in [-0.4, -0.2) is 27.7 Å². The Morgan fingerprint density at radius 1 is 1.50 bits per heavy atom. The van der Waals surface area contributed by atoms with Crippen LogP contribution >= 0.6 is 11.6 Å². The van der Waals surface area contributed by atoms with Gasteiger partial charge in [-0.3, -0.25) is 0 Å². The highest BCUT2D eigenvalue weighted by Crippen LogP contribution is 2.19. The van der Waals surface area contributed by atoms with Crippen LogP contribution in [0.25, 0.3) is 0 Å². The molecular weight excluding hydrogens is 281 g/mol. The van der Waals surface area contributed by atoms with Gasteiger partial charge in [-0.2, -0.15) is 0 Å². The van der Waals surface area contributed by atoms with Crippen LogP contribution in [0.4, 0.5) is 4.39 Å². The van der Waals surface area contributed by atoms with Gasteiger partial charge in [0.25, 0.3) is 0 Å². The maximum Gasteiger partial charge on any atom is 0.240 e. The quantitative estimate of drug-likeness (QED) is 0.923. The van der Waals surface area contributed by atoms with Gasteiger partial charge in [-0.25, -0.2) is 17.5 Å². The van der Waals surface area contributed by atoms with E-state index in [1.807, 2.05) is 0 Å². The normalized spacial score (nSPS) is 20.2. The van der Waals surface area contributed by atoms with Crippen molar-refractivity contribution in [3.63, 3.8) is 0 Å². The summed E-state index contributed by atoms with van der Waals surface area (Å²) in [6.45, 7) is 0.881. The van der Waals surface area contributed by atoms with E-state index in [4.69, 9.17) is 16.3 Å². The van der Waals surface area contributed by atoms with Crippen LogP contribution in [0, 0.1) is 5.82 Å². The molecule has 1 N–H and O–H groups in total. The molecule has 1 aromatic rings. The van der Waals surface area contributed by atoms with E-state index in [-0.39, 0.29) is 22.6 Å². The number of ether oxygens (including phenoxy) is 1. The zero-order chi connectivity index (χ0) is 13.2. The van der Waals surface area contributed by atoms with Crippen molar-refractivity contribution in [1.82, 2.24) is 4.72 Å². The third kappa shape index (κ3) is 3.20. The predicted octanol–water partition coefficient (Wildman–Crippen LogP) is 1.94. The van der Waals surface area contributed by atoms with E-state index >= 15 is 0 Å². The van der Waals surface area contributed by atoms with Crippen LogP contribution in [0.3, 0.4) is 0 Å². The first-order valence-corrected chi connectivity index (χ1v) is 7.41. The standard InChI is InChI=1S/C11H13ClFNO3S/c12-10-6-9(3-4-11(10)13)18(15,16)14-7-8-2-1-5-17-8/h3-4,6,8,14H,1-2,5,7H2. The highest BCUT2D eigenvalue weighted by Gasteiger charge is 2.20. The number of hydrogen-bond acceptors (Lipinski definition) is 3. The van der Waals surface area contributed by atoms with Crippen molar-refractivity contribution >= 4 is 21.6 Å². The summed E-state index contributed by atoms with van der Waals surface area (Å²) < 4.78 is 44.5. The van der Waals surface area contributed by atoms with Crippen LogP contribution in [0.1, 0.15) is 12.8 Å². The first-order chi connectivity index (χ1) is 8.49. The zero-order valence-corrected chi connectivity index (χ0v) is 11.1. The van der Waals surface area contributed by atoms with E-state index in [1.54, 1.807) is 0 Å². The number of rotatable bonds is 4. The van der Waals surface area contributed by atoms with Crippen molar-refractivity contribution in [2.24, 2.45) is 0 Å². The summed E-state index contributed by atoms with van der Waals surface area (Å²) in [7, 11) is -3.67. The Morgan fingerprint density at radius 2 is 2.28 bits per heavy atom. The molecule has 100 valence electrons. The van der Waals surface area contributed by atoms with E-state index in [0.29, 0.717) is 6.61 Å². The lowest BCUT2D eigenvalue weighted by molar-refractivity contribution is 0.114. The van der Waals surface area contributed by atoms with Gasteiger partial charge in [-0.05, 0) is 31.0 Å². The summed E-state index contributed by atoms with van der Waals surface area (Å²) in [5.74, 6) is -0.644. The van der Waals surface area contributed by atoms with Gasteiger partial charge in [0.1, 0.15) is 5.82 Å². The minimum Gasteiger partial charge on any atom is -0.377 e. The van der Waals surface area contributed by atoms with E-state index in [1.165, 1.54) is 6.07 Å². The van der Waals surface area contributed by atoms with Crippen LogP contribution in [-0.2, 0) is 14.8 Å². The van der Waals surface area contributed by atoms with Crippen molar-refractivity contribution < 1.29 is 17.5 Å². The first kappa shape index (κ1) is 13.7. The molecule has 1 saturated heterocycles. The maximum atomic E-state index is 13.0. The van der Waals surface area contributed by atoms with Crippen molar-refractivity contribution in [1.29, 1.82) is 0 Å². The molecule has 1 fully saturated rings. The molecule has 0 saturated carbocycles. The van der Waals surface area contributed by atoms with Gasteiger partial charge >= 0.3 is 0 Å². The summed E-state index contributed by atoms with van der Waals surface area (Å²) in [6, 6.07) is 3.30. The lowest BCUT2D eigenvalue weighted by Gasteiger charge is -2.11. The SMILES string of the molecule is O=S(=O)(NCC1CCCO1)c1ccc(F)c(Cl)c1. The lowest BCUT2D eigenvalue weighted by Crippen LogP contribution is -2.31. The molecule has 18 heavy (non-hydrogen) atoms. The first-order valence-electron chi connectivity index (χ1n) is 5.55. The van der Waals surface area contributed by atoms with Crippen LogP contribution in [0.2, 0.25) is 5.02 Å². The van der Waals surface area contributed by atoms with E-state index < -0.39 is 15.8 Å². The van der Waals surface area contributed by atoms with Gasteiger partial charge < -0.3 is 4.74 Å². The molecule has 0 bridgehead atoms. The van der Waals surface area contributed by atoms with Gasteiger partial charge in [0.15, 0.2) is 0 Å². The topological polar surface area (TPSA) is 55.4 Å². The molecule has 0 radical (unpaired) electrons. The third-order valence-electron chi connectivity index (χ3n) is 2.73. The minimum absolute atomic E-state index is 0.0492. The Bertz CT molecular complexity index is 529. The zero-order valence-electron chi connectivity index (χ0n) is 9.53. The third-order valence-corrected chi connectivity index (χ3v) is 4.44. The molecule has 1 aliphatic heterocycles. The Kier molecular flexibility index (Phi) is 4.21. The summed E-state index contributed by atoms with van der Waals surface area (Å²) >= 11 is 5.56. The Morgan fingerprint density at radius 3 is 2.89 bits per heavy atom. The van der Waals surface area contributed by atoms with E-state index in [2.05, 4.69) is 4.72 Å². The largest absolute Gasteiger partial charge is 0.377 e. The van der Waals surface area contributed by atoms with Crippen molar-refractivity contribution in [2.45, 2.75) is 23.8 Å². The summed E-state index contributed by atoms with van der Waals surface area (Å²) in [5.41, 5.74) is 0. The molecule has 1 heterocycles. The fourth-order valence-corrected chi connectivity index (χ4v) is 3.07. The molecule has 1 atom stereocenters. The van der Waals surface area contributed by atoms with Crippen molar-refractivity contribution in [3.05, 3.63) is 29.0 Å². The molecule has 1 aromatic carbocycles. The molecule has 1 aliphatic rings. The van der Waals surface area contributed by atoms with Gasteiger partial charge in [0.2, 0.25) is 10.0 Å². The second-order valence-corrected chi connectivity index (χ2v) is 6.24. The van der Waals surface area contributed by atoms with E-state index in [9.17, 15) is 12.8 Å². The second-order valence-electron chi connectivity index (χ2n) is 4.06. The second kappa shape index (κ2) is 5.52. The Labute approximate surface area is 110 Å². The van der Waals surface area contributed by atoms with Gasteiger partial charge in [0.05, 0.1) is 16.0 Å². The number of hydrogen-bond donors (Lipinski definition) is 1. The lowest BCUT2D eigenvalue weighted by atomic mass is 10.2. The molecule has 1 unspecified atom stereocenters. The average Bonchev–Trinajstić information content (AvgIpc) is 2.83. The van der Waals surface area contributed by atoms with Gasteiger partial charge in [-0.15, -0.1) is 0 Å². The fourth-order valence-electron chi connectivity index (χ4n) is 1.74. The van der Waals surface area contributed by atoms with Crippen molar-refractivity contribution in [2.75, 3.05) is 13.2 Å². The molecule has 0 amide bonds. The highest BCUT2D eigenvalue weighted by molar-refractivity contribution is 7.89. The van der Waals surface area contributed by atoms with Crippen LogP contribution < -0.4 is 4.72 Å². The predicted molar refractivity (Wildman–Crippen MR) is 65.6 cm³/mol. The fraction of sp³-hybridized carbons (Fsp3) is 0.455. The maximum absolute atomic E-state index is 13.0. The summed E-state index contributed by atoms with van der Waals surface area (Å²) in [5, 5.41) is -0.213. The molecule has 0 aliphatic carbocycles. The smallest absolute Gasteiger partial charge is 0.240 e. The molecule has 0 spiro atoms. The van der Waals surface area contributed by atoms with Crippen molar-refractivity contribution in [3.8, 4) is 0 Å². The molecule has 7 heteroatoms. The molecule has 0 aromatic heterocycles.